The van der Waals surface area contributed by atoms with Crippen molar-refractivity contribution < 1.29 is 18.7 Å². The molecule has 1 aromatic carbocycles. The summed E-state index contributed by atoms with van der Waals surface area (Å²) < 4.78 is 11.1. The maximum Gasteiger partial charge on any atom is 0.286 e. The molecule has 0 aliphatic carbocycles. The van der Waals surface area contributed by atoms with Gasteiger partial charge in [0.2, 0.25) is 0 Å². The van der Waals surface area contributed by atoms with E-state index in [2.05, 4.69) is 10.6 Å². The third-order valence-electron chi connectivity index (χ3n) is 4.75. The van der Waals surface area contributed by atoms with Gasteiger partial charge in [0, 0.05) is 31.3 Å². The summed E-state index contributed by atoms with van der Waals surface area (Å²) in [7, 11) is 1.56. The van der Waals surface area contributed by atoms with Gasteiger partial charge in [0.05, 0.1) is 6.10 Å². The van der Waals surface area contributed by atoms with E-state index in [0.717, 1.165) is 31.4 Å². The van der Waals surface area contributed by atoms with Crippen molar-refractivity contribution in [3.8, 4) is 11.3 Å². The van der Waals surface area contributed by atoms with E-state index >= 15 is 0 Å². The number of furan rings is 1. The maximum absolute atomic E-state index is 12.2. The highest BCUT2D eigenvalue weighted by atomic mass is 16.5. The summed E-state index contributed by atoms with van der Waals surface area (Å²) in [4.78, 5) is 23.8. The first-order valence-electron chi connectivity index (χ1n) is 9.49. The molecule has 0 unspecified atom stereocenters. The maximum atomic E-state index is 12.2. The molecule has 1 fully saturated rings. The molecule has 1 aliphatic heterocycles. The van der Waals surface area contributed by atoms with Crippen LogP contribution >= 0.6 is 0 Å². The van der Waals surface area contributed by atoms with Crippen molar-refractivity contribution in [2.75, 3.05) is 20.2 Å². The van der Waals surface area contributed by atoms with E-state index < -0.39 is 0 Å². The molecular formula is C21H26N2O4. The summed E-state index contributed by atoms with van der Waals surface area (Å²) in [6, 6.07) is 10.5. The average Bonchev–Trinajstić information content (AvgIpc) is 3.39. The Bertz CT molecular complexity index is 761. The Labute approximate surface area is 159 Å². The third-order valence-corrected chi connectivity index (χ3v) is 4.75. The predicted molar refractivity (Wildman–Crippen MR) is 103 cm³/mol. The van der Waals surface area contributed by atoms with Crippen molar-refractivity contribution in [3.05, 3.63) is 47.7 Å². The molecule has 1 aromatic heterocycles. The van der Waals surface area contributed by atoms with Crippen LogP contribution in [0, 0.1) is 0 Å². The van der Waals surface area contributed by atoms with E-state index in [9.17, 15) is 9.59 Å². The highest BCUT2D eigenvalue weighted by Gasteiger charge is 2.15. The smallest absolute Gasteiger partial charge is 0.286 e. The normalized spacial score (nSPS) is 16.3. The van der Waals surface area contributed by atoms with Gasteiger partial charge < -0.3 is 19.8 Å². The Morgan fingerprint density at radius 1 is 1.07 bits per heavy atom. The van der Waals surface area contributed by atoms with Crippen LogP contribution in [0.4, 0.5) is 0 Å². The second kappa shape index (κ2) is 9.37. The van der Waals surface area contributed by atoms with Gasteiger partial charge in [0.15, 0.2) is 5.76 Å². The third kappa shape index (κ3) is 5.20. The van der Waals surface area contributed by atoms with E-state index in [0.29, 0.717) is 24.0 Å². The van der Waals surface area contributed by atoms with Crippen LogP contribution in [0.25, 0.3) is 11.3 Å². The highest BCUT2D eigenvalue weighted by Crippen LogP contribution is 2.22. The number of rotatable bonds is 8. The molecule has 6 heteroatoms. The fraction of sp³-hybridized carbons (Fsp3) is 0.429. The van der Waals surface area contributed by atoms with E-state index in [-0.39, 0.29) is 17.6 Å². The van der Waals surface area contributed by atoms with Gasteiger partial charge in [-0.2, -0.15) is 0 Å². The molecule has 2 amide bonds. The minimum atomic E-state index is -0.267. The first-order chi connectivity index (χ1) is 13.2. The van der Waals surface area contributed by atoms with Gasteiger partial charge in [-0.05, 0) is 56.4 Å². The molecule has 27 heavy (non-hydrogen) atoms. The summed E-state index contributed by atoms with van der Waals surface area (Å²) in [6.07, 6.45) is 5.85. The van der Waals surface area contributed by atoms with Crippen LogP contribution in [-0.2, 0) is 4.74 Å². The zero-order valence-corrected chi connectivity index (χ0v) is 15.6. The molecule has 1 saturated heterocycles. The van der Waals surface area contributed by atoms with Gasteiger partial charge in [-0.1, -0.05) is 12.1 Å². The fourth-order valence-corrected chi connectivity index (χ4v) is 3.20. The summed E-state index contributed by atoms with van der Waals surface area (Å²) in [6.45, 7) is 1.56. The van der Waals surface area contributed by atoms with Crippen LogP contribution in [0.2, 0.25) is 0 Å². The standard InChI is InChI=1S/C21H26N2O4/c1-22-21(25)19-12-11-18(27-19)15-7-9-16(10-8-15)20(24)23-13-3-2-5-17-6-4-14-26-17/h7-12,17H,2-6,13-14H2,1H3,(H,22,25)(H,23,24)/t17-/m0/s1. The molecule has 2 aromatic rings. The topological polar surface area (TPSA) is 80.6 Å². The summed E-state index contributed by atoms with van der Waals surface area (Å²) in [5.74, 6) is 0.507. The Kier molecular flexibility index (Phi) is 6.65. The molecule has 2 N–H and O–H groups in total. The molecule has 3 rings (SSSR count). The molecule has 0 bridgehead atoms. The van der Waals surface area contributed by atoms with Crippen LogP contribution in [0.1, 0.15) is 53.0 Å². The first-order valence-corrected chi connectivity index (χ1v) is 9.49. The number of hydrogen-bond donors (Lipinski definition) is 2. The van der Waals surface area contributed by atoms with Crippen LogP contribution < -0.4 is 10.6 Å². The zero-order valence-electron chi connectivity index (χ0n) is 15.6. The van der Waals surface area contributed by atoms with Crippen LogP contribution in [0.5, 0.6) is 0 Å². The number of hydrogen-bond acceptors (Lipinski definition) is 4. The Morgan fingerprint density at radius 2 is 1.89 bits per heavy atom. The molecule has 0 saturated carbocycles. The number of carbonyl (C=O) groups excluding carboxylic acids is 2. The van der Waals surface area contributed by atoms with E-state index in [1.165, 1.54) is 12.8 Å². The lowest BCUT2D eigenvalue weighted by Gasteiger charge is -2.09. The van der Waals surface area contributed by atoms with Gasteiger partial charge in [-0.25, -0.2) is 0 Å². The highest BCUT2D eigenvalue weighted by molar-refractivity contribution is 5.94. The lowest BCUT2D eigenvalue weighted by atomic mass is 10.1. The largest absolute Gasteiger partial charge is 0.451 e. The van der Waals surface area contributed by atoms with Crippen molar-refractivity contribution in [2.45, 2.75) is 38.2 Å². The number of amides is 2. The van der Waals surface area contributed by atoms with Gasteiger partial charge in [-0.3, -0.25) is 9.59 Å². The summed E-state index contributed by atoms with van der Waals surface area (Å²) in [5.41, 5.74) is 1.43. The Hall–Kier alpha value is -2.60. The average molecular weight is 370 g/mol. The van der Waals surface area contributed by atoms with E-state index in [1.807, 2.05) is 12.1 Å². The van der Waals surface area contributed by atoms with Crippen molar-refractivity contribution in [3.63, 3.8) is 0 Å². The van der Waals surface area contributed by atoms with Crippen LogP contribution in [0.3, 0.4) is 0 Å². The number of ether oxygens (including phenoxy) is 1. The quantitative estimate of drug-likeness (QED) is 0.698. The summed E-state index contributed by atoms with van der Waals surface area (Å²) >= 11 is 0. The lowest BCUT2D eigenvalue weighted by Crippen LogP contribution is -2.24. The van der Waals surface area contributed by atoms with Crippen molar-refractivity contribution in [1.29, 1.82) is 0 Å². The molecular weight excluding hydrogens is 344 g/mol. The number of benzene rings is 1. The van der Waals surface area contributed by atoms with Crippen molar-refractivity contribution in [1.82, 2.24) is 10.6 Å². The van der Waals surface area contributed by atoms with Crippen LogP contribution in [0.15, 0.2) is 40.8 Å². The van der Waals surface area contributed by atoms with Gasteiger partial charge in [0.25, 0.3) is 11.8 Å². The zero-order chi connectivity index (χ0) is 19.1. The number of unbranched alkanes of at least 4 members (excludes halogenated alkanes) is 1. The minimum Gasteiger partial charge on any atom is -0.451 e. The lowest BCUT2D eigenvalue weighted by molar-refractivity contribution is 0.0932. The summed E-state index contributed by atoms with van der Waals surface area (Å²) in [5, 5.41) is 5.48. The number of nitrogens with one attached hydrogen (secondary N) is 2. The monoisotopic (exact) mass is 370 g/mol. The second-order valence-electron chi connectivity index (χ2n) is 6.71. The predicted octanol–water partition coefficient (Wildman–Crippen LogP) is 3.39. The first kappa shape index (κ1) is 19.2. The molecule has 2 heterocycles. The number of carbonyl (C=O) groups is 2. The Balaban J connectivity index is 1.45. The molecule has 1 aliphatic rings. The van der Waals surface area contributed by atoms with E-state index in [1.54, 1.807) is 31.3 Å². The second-order valence-corrected chi connectivity index (χ2v) is 6.71. The Morgan fingerprint density at radius 3 is 2.59 bits per heavy atom. The van der Waals surface area contributed by atoms with E-state index in [4.69, 9.17) is 9.15 Å². The SMILES string of the molecule is CNC(=O)c1ccc(-c2ccc(C(=O)NCCCC[C@H]3CCCO3)cc2)o1. The minimum absolute atomic E-state index is 0.0795. The molecule has 6 nitrogen and oxygen atoms in total. The van der Waals surface area contributed by atoms with Gasteiger partial charge in [-0.15, -0.1) is 0 Å². The molecule has 1 atom stereocenters. The fourth-order valence-electron chi connectivity index (χ4n) is 3.20. The van der Waals surface area contributed by atoms with Crippen molar-refractivity contribution in [2.24, 2.45) is 0 Å². The van der Waals surface area contributed by atoms with Gasteiger partial charge in [0.1, 0.15) is 5.76 Å². The van der Waals surface area contributed by atoms with Crippen LogP contribution in [-0.4, -0.2) is 38.1 Å². The molecule has 0 spiro atoms. The molecule has 0 radical (unpaired) electrons. The van der Waals surface area contributed by atoms with Gasteiger partial charge >= 0.3 is 0 Å². The van der Waals surface area contributed by atoms with Crippen molar-refractivity contribution >= 4 is 11.8 Å². The molecule has 144 valence electrons.